The molecule has 0 spiro atoms. The number of hydrogen-bond donors (Lipinski definition) is 2. The molecule has 0 saturated carbocycles. The summed E-state index contributed by atoms with van der Waals surface area (Å²) in [6, 6.07) is 5.97. The summed E-state index contributed by atoms with van der Waals surface area (Å²) < 4.78 is 12.7. The van der Waals surface area contributed by atoms with E-state index in [0.29, 0.717) is 6.54 Å². The minimum Gasteiger partial charge on any atom is -0.387 e. The molecule has 0 aliphatic carbocycles. The van der Waals surface area contributed by atoms with E-state index in [9.17, 15) is 9.50 Å². The van der Waals surface area contributed by atoms with E-state index in [2.05, 4.69) is 26.1 Å². The van der Waals surface area contributed by atoms with Crippen molar-refractivity contribution >= 4 is 0 Å². The molecule has 0 amide bonds. The summed E-state index contributed by atoms with van der Waals surface area (Å²) in [5.41, 5.74) is 0.982. The van der Waals surface area contributed by atoms with Crippen LogP contribution in [-0.4, -0.2) is 18.2 Å². The van der Waals surface area contributed by atoms with E-state index >= 15 is 0 Å². The first-order valence-corrected chi connectivity index (χ1v) is 6.09. The second-order valence-corrected chi connectivity index (χ2v) is 5.22. The Kier molecular flexibility index (Phi) is 5.09. The van der Waals surface area contributed by atoms with Gasteiger partial charge in [-0.15, -0.1) is 0 Å². The lowest BCUT2D eigenvalue weighted by molar-refractivity contribution is 0.168. The molecule has 3 heteroatoms. The van der Waals surface area contributed by atoms with Crippen LogP contribution in [-0.2, 0) is 0 Å². The van der Waals surface area contributed by atoms with Crippen molar-refractivity contribution in [2.45, 2.75) is 33.3 Å². The zero-order chi connectivity index (χ0) is 12.9. The van der Waals surface area contributed by atoms with E-state index < -0.39 is 6.10 Å². The van der Waals surface area contributed by atoms with Gasteiger partial charge in [0.2, 0.25) is 0 Å². The Balaban J connectivity index is 2.40. The number of halogens is 1. The molecule has 1 aromatic rings. The Morgan fingerprint density at radius 3 is 2.41 bits per heavy atom. The van der Waals surface area contributed by atoms with Gasteiger partial charge in [0.05, 0.1) is 6.10 Å². The van der Waals surface area contributed by atoms with E-state index in [1.165, 1.54) is 12.1 Å². The van der Waals surface area contributed by atoms with Crippen LogP contribution < -0.4 is 5.32 Å². The average Bonchev–Trinajstić information content (AvgIpc) is 2.29. The molecule has 1 aromatic carbocycles. The number of rotatable bonds is 6. The maximum atomic E-state index is 12.7. The number of hydrogen-bond acceptors (Lipinski definition) is 2. The van der Waals surface area contributed by atoms with Gasteiger partial charge in [0.1, 0.15) is 5.82 Å². The molecule has 0 heterocycles. The Morgan fingerprint density at radius 2 is 1.88 bits per heavy atom. The number of aliphatic hydroxyl groups excluding tert-OH is 1. The molecule has 2 nitrogen and oxygen atoms in total. The second-order valence-electron chi connectivity index (χ2n) is 5.22. The van der Waals surface area contributed by atoms with Gasteiger partial charge in [0.15, 0.2) is 0 Å². The molecule has 0 saturated heterocycles. The fourth-order valence-corrected chi connectivity index (χ4v) is 1.48. The summed E-state index contributed by atoms with van der Waals surface area (Å²) in [5, 5.41) is 13.1. The van der Waals surface area contributed by atoms with E-state index in [-0.39, 0.29) is 11.2 Å². The van der Waals surface area contributed by atoms with Crippen LogP contribution in [0.15, 0.2) is 24.3 Å². The van der Waals surface area contributed by atoms with Crippen molar-refractivity contribution in [3.63, 3.8) is 0 Å². The van der Waals surface area contributed by atoms with Gasteiger partial charge in [-0.25, -0.2) is 4.39 Å². The molecule has 1 rings (SSSR count). The van der Waals surface area contributed by atoms with Gasteiger partial charge in [0.25, 0.3) is 0 Å². The maximum Gasteiger partial charge on any atom is 0.123 e. The van der Waals surface area contributed by atoms with E-state index in [1.54, 1.807) is 12.1 Å². The van der Waals surface area contributed by atoms with Gasteiger partial charge >= 0.3 is 0 Å². The van der Waals surface area contributed by atoms with Gasteiger partial charge in [-0.05, 0) is 29.5 Å². The first-order valence-electron chi connectivity index (χ1n) is 6.09. The van der Waals surface area contributed by atoms with Crippen molar-refractivity contribution < 1.29 is 9.50 Å². The SMILES string of the molecule is CCC(C)(C)CNCC(O)c1ccc(F)cc1. The van der Waals surface area contributed by atoms with E-state index in [1.807, 2.05) is 0 Å². The van der Waals surface area contributed by atoms with E-state index in [0.717, 1.165) is 18.5 Å². The Morgan fingerprint density at radius 1 is 1.29 bits per heavy atom. The topological polar surface area (TPSA) is 32.3 Å². The minimum absolute atomic E-state index is 0.239. The van der Waals surface area contributed by atoms with Crippen LogP contribution in [0, 0.1) is 11.2 Å². The maximum absolute atomic E-state index is 12.7. The molecule has 0 aliphatic rings. The van der Waals surface area contributed by atoms with Crippen LogP contribution in [0.2, 0.25) is 0 Å². The smallest absolute Gasteiger partial charge is 0.123 e. The summed E-state index contributed by atoms with van der Waals surface area (Å²) in [7, 11) is 0. The average molecular weight is 239 g/mol. The van der Waals surface area contributed by atoms with Crippen molar-refractivity contribution in [1.29, 1.82) is 0 Å². The normalized spacial score (nSPS) is 13.7. The molecule has 0 aromatic heterocycles. The van der Waals surface area contributed by atoms with Crippen LogP contribution in [0.1, 0.15) is 38.9 Å². The fourth-order valence-electron chi connectivity index (χ4n) is 1.48. The fraction of sp³-hybridized carbons (Fsp3) is 0.571. The number of benzene rings is 1. The molecule has 0 bridgehead atoms. The highest BCUT2D eigenvalue weighted by molar-refractivity contribution is 5.18. The Bertz CT molecular complexity index is 335. The quantitative estimate of drug-likeness (QED) is 0.800. The number of aliphatic hydroxyl groups is 1. The van der Waals surface area contributed by atoms with Crippen molar-refractivity contribution in [1.82, 2.24) is 5.32 Å². The predicted molar refractivity (Wildman–Crippen MR) is 68.3 cm³/mol. The molecule has 2 N–H and O–H groups in total. The van der Waals surface area contributed by atoms with Crippen molar-refractivity contribution in [2.24, 2.45) is 5.41 Å². The lowest BCUT2D eigenvalue weighted by Crippen LogP contribution is -2.31. The van der Waals surface area contributed by atoms with Crippen LogP contribution >= 0.6 is 0 Å². The van der Waals surface area contributed by atoms with Crippen molar-refractivity contribution in [2.75, 3.05) is 13.1 Å². The summed E-state index contributed by atoms with van der Waals surface area (Å²) in [5.74, 6) is -0.277. The van der Waals surface area contributed by atoms with Gasteiger partial charge in [-0.1, -0.05) is 32.9 Å². The zero-order valence-corrected chi connectivity index (χ0v) is 10.8. The van der Waals surface area contributed by atoms with Gasteiger partial charge in [0, 0.05) is 13.1 Å². The van der Waals surface area contributed by atoms with Crippen LogP contribution in [0.25, 0.3) is 0 Å². The Labute approximate surface area is 103 Å². The first-order chi connectivity index (χ1) is 7.94. The molecular weight excluding hydrogens is 217 g/mol. The monoisotopic (exact) mass is 239 g/mol. The standard InChI is InChI=1S/C14H22FNO/c1-4-14(2,3)10-16-9-13(17)11-5-7-12(15)8-6-11/h5-8,13,16-17H,4,9-10H2,1-3H3. The second kappa shape index (κ2) is 6.12. The predicted octanol–water partition coefficient (Wildman–Crippen LogP) is 2.88. The molecule has 1 atom stereocenters. The molecule has 17 heavy (non-hydrogen) atoms. The molecular formula is C14H22FNO. The number of nitrogens with one attached hydrogen (secondary N) is 1. The summed E-state index contributed by atoms with van der Waals surface area (Å²) >= 11 is 0. The van der Waals surface area contributed by atoms with Gasteiger partial charge in [-0.2, -0.15) is 0 Å². The molecule has 1 unspecified atom stereocenters. The summed E-state index contributed by atoms with van der Waals surface area (Å²) in [6.45, 7) is 7.88. The first kappa shape index (κ1) is 14.1. The zero-order valence-electron chi connectivity index (χ0n) is 10.8. The van der Waals surface area contributed by atoms with Crippen molar-refractivity contribution in [3.05, 3.63) is 35.6 Å². The highest BCUT2D eigenvalue weighted by Crippen LogP contribution is 2.18. The molecule has 96 valence electrons. The van der Waals surface area contributed by atoms with E-state index in [4.69, 9.17) is 0 Å². The summed E-state index contributed by atoms with van der Waals surface area (Å²) in [6.07, 6.45) is 0.510. The molecule has 0 radical (unpaired) electrons. The molecule has 0 aliphatic heterocycles. The van der Waals surface area contributed by atoms with Crippen molar-refractivity contribution in [3.8, 4) is 0 Å². The van der Waals surface area contributed by atoms with Crippen LogP contribution in [0.3, 0.4) is 0 Å². The lowest BCUT2D eigenvalue weighted by atomic mass is 9.90. The highest BCUT2D eigenvalue weighted by atomic mass is 19.1. The third-order valence-corrected chi connectivity index (χ3v) is 3.15. The third kappa shape index (κ3) is 4.84. The van der Waals surface area contributed by atoms with Gasteiger partial charge in [-0.3, -0.25) is 0 Å². The largest absolute Gasteiger partial charge is 0.387 e. The Hall–Kier alpha value is -0.930. The van der Waals surface area contributed by atoms with Crippen LogP contribution in [0.4, 0.5) is 4.39 Å². The van der Waals surface area contributed by atoms with Gasteiger partial charge < -0.3 is 10.4 Å². The minimum atomic E-state index is -0.580. The highest BCUT2D eigenvalue weighted by Gasteiger charge is 2.15. The van der Waals surface area contributed by atoms with Crippen LogP contribution in [0.5, 0.6) is 0 Å². The molecule has 0 fully saturated rings. The lowest BCUT2D eigenvalue weighted by Gasteiger charge is -2.24. The summed E-state index contributed by atoms with van der Waals surface area (Å²) in [4.78, 5) is 0. The third-order valence-electron chi connectivity index (χ3n) is 3.15.